The molecule has 6 nitrogen and oxygen atoms in total. The third kappa shape index (κ3) is 5.57. The summed E-state index contributed by atoms with van der Waals surface area (Å²) >= 11 is 0. The van der Waals surface area contributed by atoms with Crippen molar-refractivity contribution in [2.45, 2.75) is 12.8 Å². The van der Waals surface area contributed by atoms with Crippen molar-refractivity contribution < 1.29 is 0 Å². The van der Waals surface area contributed by atoms with Crippen molar-refractivity contribution in [2.24, 2.45) is 10.6 Å². The van der Waals surface area contributed by atoms with Gasteiger partial charge in [0.15, 0.2) is 0 Å². The largest absolute Gasteiger partial charge is 0.264 e. The molecule has 0 aliphatic rings. The molecule has 0 spiro atoms. The SMILES string of the molecule is CN(CCCCN(C)N=O)N=O. The Morgan fingerprint density at radius 2 is 1.25 bits per heavy atom. The minimum Gasteiger partial charge on any atom is -0.264 e. The third-order valence-corrected chi connectivity index (χ3v) is 1.49. The van der Waals surface area contributed by atoms with E-state index in [2.05, 4.69) is 10.6 Å². The molecule has 0 aromatic carbocycles. The zero-order valence-corrected chi connectivity index (χ0v) is 7.43. The van der Waals surface area contributed by atoms with E-state index < -0.39 is 0 Å². The highest BCUT2D eigenvalue weighted by atomic mass is 16.3. The summed E-state index contributed by atoms with van der Waals surface area (Å²) in [5.74, 6) is 0. The predicted octanol–water partition coefficient (Wildman–Crippen LogP) is 0.993. The van der Waals surface area contributed by atoms with Crippen molar-refractivity contribution in [3.8, 4) is 0 Å². The Kier molecular flexibility index (Phi) is 5.86. The van der Waals surface area contributed by atoms with Crippen LogP contribution < -0.4 is 0 Å². The van der Waals surface area contributed by atoms with Crippen LogP contribution in [-0.2, 0) is 0 Å². The summed E-state index contributed by atoms with van der Waals surface area (Å²) in [6, 6.07) is 0. The lowest BCUT2D eigenvalue weighted by molar-refractivity contribution is 0.304. The van der Waals surface area contributed by atoms with Crippen molar-refractivity contribution in [3.05, 3.63) is 9.81 Å². The second-order valence-corrected chi connectivity index (χ2v) is 2.63. The molecule has 0 radical (unpaired) electrons. The summed E-state index contributed by atoms with van der Waals surface area (Å²) in [4.78, 5) is 19.8. The van der Waals surface area contributed by atoms with E-state index >= 15 is 0 Å². The van der Waals surface area contributed by atoms with Crippen LogP contribution in [0.1, 0.15) is 12.8 Å². The molecule has 0 aliphatic carbocycles. The highest BCUT2D eigenvalue weighted by Crippen LogP contribution is 1.95. The molecule has 0 unspecified atom stereocenters. The molecule has 0 amide bonds. The van der Waals surface area contributed by atoms with Crippen molar-refractivity contribution in [1.82, 2.24) is 10.0 Å². The fourth-order valence-corrected chi connectivity index (χ4v) is 0.763. The standard InChI is InChI=1S/C6H14N4O2/c1-9(7-11)5-3-4-6-10(2)8-12/h3-6H2,1-2H3. The van der Waals surface area contributed by atoms with Crippen LogP contribution in [-0.4, -0.2) is 37.2 Å². The molecule has 0 aromatic heterocycles. The first kappa shape index (κ1) is 10.8. The molecule has 6 heteroatoms. The van der Waals surface area contributed by atoms with Gasteiger partial charge in [0.1, 0.15) is 0 Å². The molecule has 0 heterocycles. The molecule has 0 rings (SSSR count). The Hall–Kier alpha value is -1.20. The van der Waals surface area contributed by atoms with Gasteiger partial charge in [-0.25, -0.2) is 0 Å². The van der Waals surface area contributed by atoms with Gasteiger partial charge in [0.2, 0.25) is 0 Å². The van der Waals surface area contributed by atoms with Crippen LogP contribution >= 0.6 is 0 Å². The minimum atomic E-state index is 0.621. The Bertz CT molecular complexity index is 126. The number of rotatable bonds is 7. The number of nitroso groups, excluding NO2 is 2. The zero-order valence-electron chi connectivity index (χ0n) is 7.43. The first-order valence-electron chi connectivity index (χ1n) is 3.79. The minimum absolute atomic E-state index is 0.621. The second-order valence-electron chi connectivity index (χ2n) is 2.63. The molecule has 0 atom stereocenters. The Balaban J connectivity index is 3.20. The average Bonchev–Trinajstić information content (AvgIpc) is 2.11. The Labute approximate surface area is 71.4 Å². The molecule has 70 valence electrons. The van der Waals surface area contributed by atoms with E-state index in [4.69, 9.17) is 0 Å². The normalized spacial score (nSPS) is 9.17. The highest BCUT2D eigenvalue weighted by Gasteiger charge is 1.96. The van der Waals surface area contributed by atoms with E-state index in [0.29, 0.717) is 13.1 Å². The van der Waals surface area contributed by atoms with Crippen LogP contribution in [0.5, 0.6) is 0 Å². The maximum absolute atomic E-state index is 9.89. The van der Waals surface area contributed by atoms with E-state index in [-0.39, 0.29) is 0 Å². The summed E-state index contributed by atoms with van der Waals surface area (Å²) in [6.07, 6.45) is 1.67. The van der Waals surface area contributed by atoms with Crippen LogP contribution in [0, 0.1) is 9.81 Å². The van der Waals surface area contributed by atoms with E-state index in [1.165, 1.54) is 10.0 Å². The molecular weight excluding hydrogens is 160 g/mol. The van der Waals surface area contributed by atoms with E-state index in [9.17, 15) is 9.81 Å². The molecule has 0 aliphatic heterocycles. The van der Waals surface area contributed by atoms with Gasteiger partial charge in [-0.05, 0) is 12.8 Å². The van der Waals surface area contributed by atoms with Gasteiger partial charge in [0, 0.05) is 27.2 Å². The molecule has 0 aromatic rings. The Morgan fingerprint density at radius 3 is 1.50 bits per heavy atom. The monoisotopic (exact) mass is 174 g/mol. The predicted molar refractivity (Wildman–Crippen MR) is 46.1 cm³/mol. The van der Waals surface area contributed by atoms with Crippen LogP contribution in [0.15, 0.2) is 10.6 Å². The number of nitrogens with zero attached hydrogens (tertiary/aromatic N) is 4. The van der Waals surface area contributed by atoms with Crippen molar-refractivity contribution in [3.63, 3.8) is 0 Å². The number of hydrogen-bond donors (Lipinski definition) is 0. The van der Waals surface area contributed by atoms with Gasteiger partial charge < -0.3 is 0 Å². The quantitative estimate of drug-likeness (QED) is 0.328. The molecule has 12 heavy (non-hydrogen) atoms. The van der Waals surface area contributed by atoms with Crippen molar-refractivity contribution in [1.29, 1.82) is 0 Å². The molecule has 0 bridgehead atoms. The highest BCUT2D eigenvalue weighted by molar-refractivity contribution is 4.48. The molecule has 0 saturated carbocycles. The molecular formula is C6H14N4O2. The van der Waals surface area contributed by atoms with Gasteiger partial charge in [-0.15, -0.1) is 9.81 Å². The number of hydrogen-bond acceptors (Lipinski definition) is 4. The second kappa shape index (κ2) is 6.51. The third-order valence-electron chi connectivity index (χ3n) is 1.49. The lowest BCUT2D eigenvalue weighted by Crippen LogP contribution is -2.15. The summed E-state index contributed by atoms with van der Waals surface area (Å²) in [5, 5.41) is 8.08. The van der Waals surface area contributed by atoms with Gasteiger partial charge in [0.25, 0.3) is 0 Å². The smallest absolute Gasteiger partial charge is 0.0521 e. The van der Waals surface area contributed by atoms with Crippen LogP contribution in [0.25, 0.3) is 0 Å². The van der Waals surface area contributed by atoms with E-state index in [1.54, 1.807) is 14.1 Å². The summed E-state index contributed by atoms with van der Waals surface area (Å²) in [6.45, 7) is 1.24. The van der Waals surface area contributed by atoms with Gasteiger partial charge in [-0.3, -0.25) is 10.0 Å². The maximum atomic E-state index is 9.89. The van der Waals surface area contributed by atoms with Crippen LogP contribution in [0.3, 0.4) is 0 Å². The Morgan fingerprint density at radius 1 is 0.917 bits per heavy atom. The van der Waals surface area contributed by atoms with Gasteiger partial charge in [0.05, 0.1) is 10.6 Å². The van der Waals surface area contributed by atoms with Gasteiger partial charge in [-0.1, -0.05) is 0 Å². The summed E-state index contributed by atoms with van der Waals surface area (Å²) in [5.41, 5.74) is 0. The lowest BCUT2D eigenvalue weighted by atomic mass is 10.3. The van der Waals surface area contributed by atoms with Crippen molar-refractivity contribution in [2.75, 3.05) is 27.2 Å². The van der Waals surface area contributed by atoms with Gasteiger partial charge >= 0.3 is 0 Å². The first-order valence-corrected chi connectivity index (χ1v) is 3.79. The number of unbranched alkanes of at least 4 members (excludes halogenated alkanes) is 1. The summed E-state index contributed by atoms with van der Waals surface area (Å²) < 4.78 is 0. The van der Waals surface area contributed by atoms with E-state index in [1.807, 2.05) is 0 Å². The molecule has 0 N–H and O–H groups in total. The van der Waals surface area contributed by atoms with Gasteiger partial charge in [-0.2, -0.15) is 0 Å². The van der Waals surface area contributed by atoms with Crippen molar-refractivity contribution >= 4 is 0 Å². The lowest BCUT2D eigenvalue weighted by Gasteiger charge is -2.10. The molecule has 0 fully saturated rings. The van der Waals surface area contributed by atoms with E-state index in [0.717, 1.165) is 12.8 Å². The fraction of sp³-hybridized carbons (Fsp3) is 1.00. The zero-order chi connectivity index (χ0) is 9.40. The van der Waals surface area contributed by atoms with Crippen LogP contribution in [0.2, 0.25) is 0 Å². The molecule has 0 saturated heterocycles. The first-order chi connectivity index (χ1) is 5.70. The topological polar surface area (TPSA) is 65.3 Å². The average molecular weight is 174 g/mol. The van der Waals surface area contributed by atoms with Crippen LogP contribution in [0.4, 0.5) is 0 Å². The fourth-order valence-electron chi connectivity index (χ4n) is 0.763. The summed E-state index contributed by atoms with van der Waals surface area (Å²) in [7, 11) is 3.24. The maximum Gasteiger partial charge on any atom is 0.0521 e.